The highest BCUT2D eigenvalue weighted by Gasteiger charge is 2.25. The van der Waals surface area contributed by atoms with Crippen molar-refractivity contribution in [3.63, 3.8) is 0 Å². The Balaban J connectivity index is 2.05. The first-order chi connectivity index (χ1) is 11.4. The second-order valence-electron chi connectivity index (χ2n) is 5.41. The Hall–Kier alpha value is -2.21. The summed E-state index contributed by atoms with van der Waals surface area (Å²) in [5.74, 6) is -0.718. The molecule has 3 rings (SSSR count). The average Bonchev–Trinajstić information content (AvgIpc) is 3.01. The number of aromatic nitrogens is 1. The SMILES string of the molecule is COc1cc(F)ccc1[C@@H](Br)C(=O)c1c[nH]c2c(C)c(F)ccc12. The number of Topliss-reactive ketones (excluding diaryl/α,β-unsaturated/α-hetero) is 1. The molecule has 6 heteroatoms. The minimum atomic E-state index is -0.711. The third-order valence-electron chi connectivity index (χ3n) is 4.01. The van der Waals surface area contributed by atoms with Crippen LogP contribution in [0.2, 0.25) is 0 Å². The van der Waals surface area contributed by atoms with Gasteiger partial charge in [-0.15, -0.1) is 0 Å². The lowest BCUT2D eigenvalue weighted by atomic mass is 10.0. The molecule has 1 aromatic heterocycles. The maximum Gasteiger partial charge on any atom is 0.183 e. The van der Waals surface area contributed by atoms with Gasteiger partial charge in [0.05, 0.1) is 12.6 Å². The molecule has 0 bridgehead atoms. The van der Waals surface area contributed by atoms with Crippen LogP contribution in [0, 0.1) is 18.6 Å². The summed E-state index contributed by atoms with van der Waals surface area (Å²) in [6.07, 6.45) is 1.56. The van der Waals surface area contributed by atoms with Gasteiger partial charge in [0.2, 0.25) is 0 Å². The van der Waals surface area contributed by atoms with Crippen molar-refractivity contribution in [1.29, 1.82) is 0 Å². The Morgan fingerprint density at radius 2 is 2.00 bits per heavy atom. The van der Waals surface area contributed by atoms with Crippen LogP contribution in [0.25, 0.3) is 10.9 Å². The van der Waals surface area contributed by atoms with Crippen LogP contribution in [-0.4, -0.2) is 17.9 Å². The zero-order chi connectivity index (χ0) is 17.4. The Morgan fingerprint density at radius 3 is 2.71 bits per heavy atom. The highest BCUT2D eigenvalue weighted by molar-refractivity contribution is 9.09. The zero-order valence-corrected chi connectivity index (χ0v) is 14.6. The summed E-state index contributed by atoms with van der Waals surface area (Å²) < 4.78 is 32.2. The number of carbonyl (C=O) groups excluding carboxylic acids is 1. The lowest BCUT2D eigenvalue weighted by Gasteiger charge is -2.13. The maximum absolute atomic E-state index is 13.7. The normalized spacial score (nSPS) is 12.4. The van der Waals surface area contributed by atoms with E-state index in [0.29, 0.717) is 27.6 Å². The molecule has 0 unspecified atom stereocenters. The van der Waals surface area contributed by atoms with E-state index in [4.69, 9.17) is 4.74 Å². The zero-order valence-electron chi connectivity index (χ0n) is 13.0. The van der Waals surface area contributed by atoms with Gasteiger partial charge in [-0.2, -0.15) is 0 Å². The third-order valence-corrected chi connectivity index (χ3v) is 4.92. The van der Waals surface area contributed by atoms with E-state index in [2.05, 4.69) is 20.9 Å². The number of ether oxygens (including phenoxy) is 1. The summed E-state index contributed by atoms with van der Waals surface area (Å²) in [6, 6.07) is 6.91. The first-order valence-electron chi connectivity index (χ1n) is 7.22. The molecule has 0 aliphatic rings. The molecule has 24 heavy (non-hydrogen) atoms. The van der Waals surface area contributed by atoms with Crippen LogP contribution in [-0.2, 0) is 0 Å². The fraction of sp³-hybridized carbons (Fsp3) is 0.167. The van der Waals surface area contributed by atoms with Gasteiger partial charge >= 0.3 is 0 Å². The number of nitrogens with one attached hydrogen (secondary N) is 1. The van der Waals surface area contributed by atoms with E-state index in [-0.39, 0.29) is 17.3 Å². The van der Waals surface area contributed by atoms with Gasteiger partial charge in [-0.1, -0.05) is 22.0 Å². The summed E-state index contributed by atoms with van der Waals surface area (Å²) in [7, 11) is 1.42. The summed E-state index contributed by atoms with van der Waals surface area (Å²) in [5, 5.41) is 0.643. The number of aryl methyl sites for hydroxylation is 1. The minimum absolute atomic E-state index is 0.225. The van der Waals surface area contributed by atoms with Crippen LogP contribution in [0.1, 0.15) is 26.3 Å². The van der Waals surface area contributed by atoms with Gasteiger partial charge in [-0.05, 0) is 25.1 Å². The van der Waals surface area contributed by atoms with E-state index in [1.54, 1.807) is 19.2 Å². The predicted octanol–water partition coefficient (Wildman–Crippen LogP) is 5.08. The van der Waals surface area contributed by atoms with Gasteiger partial charge in [-0.25, -0.2) is 8.78 Å². The Labute approximate surface area is 145 Å². The molecule has 0 amide bonds. The molecule has 0 aliphatic carbocycles. The molecule has 0 fully saturated rings. The van der Waals surface area contributed by atoms with E-state index in [9.17, 15) is 13.6 Å². The molecule has 1 heterocycles. The fourth-order valence-corrected chi connectivity index (χ4v) is 3.32. The maximum atomic E-state index is 13.7. The van der Waals surface area contributed by atoms with Crippen molar-refractivity contribution in [2.24, 2.45) is 0 Å². The Kier molecular flexibility index (Phi) is 4.41. The molecule has 3 nitrogen and oxygen atoms in total. The van der Waals surface area contributed by atoms with Crippen molar-refractivity contribution in [1.82, 2.24) is 4.98 Å². The number of alkyl halides is 1. The number of halogens is 3. The van der Waals surface area contributed by atoms with Crippen LogP contribution in [0.15, 0.2) is 36.5 Å². The molecular formula is C18H14BrF2NO2. The average molecular weight is 394 g/mol. The topological polar surface area (TPSA) is 42.1 Å². The summed E-state index contributed by atoms with van der Waals surface area (Å²) in [5.41, 5.74) is 2.00. The highest BCUT2D eigenvalue weighted by Crippen LogP contribution is 2.36. The minimum Gasteiger partial charge on any atom is -0.496 e. The molecule has 1 atom stereocenters. The van der Waals surface area contributed by atoms with E-state index in [1.165, 1.54) is 31.4 Å². The summed E-state index contributed by atoms with van der Waals surface area (Å²) in [4.78, 5) is 15.1. The number of H-pyrrole nitrogens is 1. The molecule has 0 spiro atoms. The second-order valence-corrected chi connectivity index (χ2v) is 6.33. The molecule has 3 aromatic rings. The number of carbonyl (C=O) groups is 1. The Bertz CT molecular complexity index is 936. The molecule has 0 aliphatic heterocycles. The van der Waals surface area contributed by atoms with Gasteiger partial charge in [-0.3, -0.25) is 4.79 Å². The van der Waals surface area contributed by atoms with Gasteiger partial charge in [0.25, 0.3) is 0 Å². The number of benzene rings is 2. The largest absolute Gasteiger partial charge is 0.496 e. The van der Waals surface area contributed by atoms with E-state index in [0.717, 1.165) is 0 Å². The summed E-state index contributed by atoms with van der Waals surface area (Å²) >= 11 is 3.37. The van der Waals surface area contributed by atoms with E-state index in [1.807, 2.05) is 0 Å². The molecule has 124 valence electrons. The number of aromatic amines is 1. The number of fused-ring (bicyclic) bond motifs is 1. The molecule has 0 radical (unpaired) electrons. The third kappa shape index (κ3) is 2.71. The second kappa shape index (κ2) is 6.36. The Morgan fingerprint density at radius 1 is 1.25 bits per heavy atom. The van der Waals surface area contributed by atoms with Crippen LogP contribution >= 0.6 is 15.9 Å². The number of ketones is 1. The van der Waals surface area contributed by atoms with Gasteiger partial charge in [0, 0.05) is 34.3 Å². The molecule has 2 aromatic carbocycles. The van der Waals surface area contributed by atoms with Crippen LogP contribution in [0.3, 0.4) is 0 Å². The smallest absolute Gasteiger partial charge is 0.183 e. The van der Waals surface area contributed by atoms with Crippen molar-refractivity contribution >= 4 is 32.6 Å². The number of hydrogen-bond donors (Lipinski definition) is 1. The van der Waals surface area contributed by atoms with Gasteiger partial charge < -0.3 is 9.72 Å². The standard InChI is InChI=1S/C18H14BrF2NO2/c1-9-14(21)6-5-11-13(8-22-17(9)11)18(23)16(19)12-4-3-10(20)7-15(12)24-2/h3-8,16,22H,1-2H3/t16-/m1/s1. The quantitative estimate of drug-likeness (QED) is 0.495. The summed E-state index contributed by atoms with van der Waals surface area (Å²) in [6.45, 7) is 1.65. The number of methoxy groups -OCH3 is 1. The van der Waals surface area contributed by atoms with Crippen molar-refractivity contribution < 1.29 is 18.3 Å². The molecule has 1 N–H and O–H groups in total. The van der Waals surface area contributed by atoms with Gasteiger partial charge in [0.1, 0.15) is 22.2 Å². The monoisotopic (exact) mass is 393 g/mol. The lowest BCUT2D eigenvalue weighted by molar-refractivity contribution is 0.0992. The first kappa shape index (κ1) is 16.6. The number of hydrogen-bond acceptors (Lipinski definition) is 2. The van der Waals surface area contributed by atoms with Crippen LogP contribution in [0.4, 0.5) is 8.78 Å². The fourth-order valence-electron chi connectivity index (χ4n) is 2.69. The van der Waals surface area contributed by atoms with Crippen LogP contribution in [0.5, 0.6) is 5.75 Å². The predicted molar refractivity (Wildman–Crippen MR) is 91.9 cm³/mol. The van der Waals surface area contributed by atoms with Crippen molar-refractivity contribution in [3.8, 4) is 5.75 Å². The van der Waals surface area contributed by atoms with Crippen molar-refractivity contribution in [3.05, 3.63) is 64.9 Å². The van der Waals surface area contributed by atoms with Crippen molar-refractivity contribution in [2.75, 3.05) is 7.11 Å². The molecule has 0 saturated carbocycles. The highest BCUT2D eigenvalue weighted by atomic mass is 79.9. The van der Waals surface area contributed by atoms with Crippen LogP contribution < -0.4 is 4.74 Å². The van der Waals surface area contributed by atoms with E-state index < -0.39 is 10.6 Å². The molecule has 0 saturated heterocycles. The molecular weight excluding hydrogens is 380 g/mol. The first-order valence-corrected chi connectivity index (χ1v) is 8.13. The van der Waals surface area contributed by atoms with Gasteiger partial charge in [0.15, 0.2) is 5.78 Å². The lowest BCUT2D eigenvalue weighted by Crippen LogP contribution is -2.08. The van der Waals surface area contributed by atoms with E-state index >= 15 is 0 Å². The van der Waals surface area contributed by atoms with Crippen molar-refractivity contribution in [2.45, 2.75) is 11.8 Å². The number of rotatable bonds is 4.